The second-order valence-corrected chi connectivity index (χ2v) is 5.85. The normalized spacial score (nSPS) is 10.6. The number of benzene rings is 2. The minimum atomic E-state index is -0.381. The number of anilines is 1. The fraction of sp³-hybridized carbons (Fsp3) is 0.0476. The molecule has 2 N–H and O–H groups in total. The zero-order valence-corrected chi connectivity index (χ0v) is 14.7. The van der Waals surface area contributed by atoms with Crippen LogP contribution < -0.4 is 10.7 Å². The highest BCUT2D eigenvalue weighted by molar-refractivity contribution is 6.05. The minimum absolute atomic E-state index is 0.235. The fourth-order valence-corrected chi connectivity index (χ4v) is 2.32. The molecule has 0 saturated carbocycles. The van der Waals surface area contributed by atoms with Gasteiger partial charge in [-0.05, 0) is 49.4 Å². The number of rotatable bonds is 5. The number of pyridine rings is 1. The van der Waals surface area contributed by atoms with Crippen molar-refractivity contribution in [2.75, 3.05) is 5.32 Å². The first-order chi connectivity index (χ1) is 13.1. The zero-order chi connectivity index (χ0) is 19.1. The number of amides is 2. The maximum atomic E-state index is 12.3. The number of carbonyl (C=O) groups is 2. The summed E-state index contributed by atoms with van der Waals surface area (Å²) < 4.78 is 0. The Morgan fingerprint density at radius 1 is 0.926 bits per heavy atom. The first kappa shape index (κ1) is 18.0. The van der Waals surface area contributed by atoms with Crippen molar-refractivity contribution < 1.29 is 9.59 Å². The largest absolute Gasteiger partial charge is 0.322 e. The van der Waals surface area contributed by atoms with Gasteiger partial charge in [-0.1, -0.05) is 29.8 Å². The van der Waals surface area contributed by atoms with Crippen molar-refractivity contribution in [2.45, 2.75) is 6.92 Å². The molecule has 0 atom stereocenters. The van der Waals surface area contributed by atoms with Gasteiger partial charge < -0.3 is 5.32 Å². The summed E-state index contributed by atoms with van der Waals surface area (Å²) in [5, 5.41) is 6.68. The number of hydrogen-bond donors (Lipinski definition) is 2. The standard InChI is InChI=1S/C21H18N4O2/c1-15-8-10-16(11-9-15)20(26)24-18-7-4-5-17(13-18)21(27)25-23-14-19-6-2-3-12-22-19/h2-14H,1H3,(H,24,26)(H,25,27). The Balaban J connectivity index is 1.64. The molecule has 27 heavy (non-hydrogen) atoms. The van der Waals surface area contributed by atoms with E-state index < -0.39 is 0 Å². The van der Waals surface area contributed by atoms with Crippen LogP contribution in [0, 0.1) is 6.92 Å². The minimum Gasteiger partial charge on any atom is -0.322 e. The summed E-state index contributed by atoms with van der Waals surface area (Å²) in [6, 6.07) is 19.3. The van der Waals surface area contributed by atoms with Gasteiger partial charge in [0, 0.05) is 23.0 Å². The Kier molecular flexibility index (Phi) is 5.69. The third-order valence-corrected chi connectivity index (χ3v) is 3.75. The quantitative estimate of drug-likeness (QED) is 0.541. The van der Waals surface area contributed by atoms with Crippen LogP contribution in [0.15, 0.2) is 78.0 Å². The molecule has 0 aliphatic carbocycles. The molecule has 3 rings (SSSR count). The highest BCUT2D eigenvalue weighted by atomic mass is 16.2. The SMILES string of the molecule is Cc1ccc(C(=O)Nc2cccc(C(=O)NN=Cc3ccccn3)c2)cc1. The maximum Gasteiger partial charge on any atom is 0.271 e. The molecule has 0 aliphatic rings. The number of nitrogens with one attached hydrogen (secondary N) is 2. The lowest BCUT2D eigenvalue weighted by Crippen LogP contribution is -2.18. The van der Waals surface area contributed by atoms with E-state index in [1.54, 1.807) is 54.7 Å². The van der Waals surface area contributed by atoms with E-state index in [0.29, 0.717) is 22.5 Å². The molecule has 0 aliphatic heterocycles. The van der Waals surface area contributed by atoms with Gasteiger partial charge in [0.25, 0.3) is 11.8 Å². The Morgan fingerprint density at radius 2 is 1.74 bits per heavy atom. The predicted molar refractivity (Wildman–Crippen MR) is 105 cm³/mol. The molecule has 0 radical (unpaired) electrons. The number of aromatic nitrogens is 1. The molecule has 0 spiro atoms. The fourth-order valence-electron chi connectivity index (χ4n) is 2.32. The summed E-state index contributed by atoms with van der Waals surface area (Å²) in [6.07, 6.45) is 3.10. The lowest BCUT2D eigenvalue weighted by molar-refractivity contribution is 0.0953. The van der Waals surface area contributed by atoms with E-state index in [1.807, 2.05) is 25.1 Å². The molecule has 134 valence electrons. The molecule has 1 aromatic heterocycles. The number of hydrogen-bond acceptors (Lipinski definition) is 4. The van der Waals surface area contributed by atoms with Crippen molar-refractivity contribution in [1.82, 2.24) is 10.4 Å². The van der Waals surface area contributed by atoms with Crippen LogP contribution in [0.25, 0.3) is 0 Å². The van der Waals surface area contributed by atoms with Gasteiger partial charge in [0.1, 0.15) is 0 Å². The third kappa shape index (κ3) is 5.09. The lowest BCUT2D eigenvalue weighted by Gasteiger charge is -2.07. The van der Waals surface area contributed by atoms with Crippen LogP contribution in [0.3, 0.4) is 0 Å². The Labute approximate surface area is 157 Å². The highest BCUT2D eigenvalue weighted by Gasteiger charge is 2.09. The Hall–Kier alpha value is -3.80. The van der Waals surface area contributed by atoms with Gasteiger partial charge in [-0.3, -0.25) is 14.6 Å². The van der Waals surface area contributed by atoms with Crippen LogP contribution in [0.1, 0.15) is 32.0 Å². The van der Waals surface area contributed by atoms with Crippen molar-refractivity contribution in [2.24, 2.45) is 5.10 Å². The average Bonchev–Trinajstić information content (AvgIpc) is 2.69. The van der Waals surface area contributed by atoms with Crippen molar-refractivity contribution in [3.05, 3.63) is 95.3 Å². The summed E-state index contributed by atoms with van der Waals surface area (Å²) >= 11 is 0. The second-order valence-electron chi connectivity index (χ2n) is 5.85. The van der Waals surface area contributed by atoms with E-state index in [1.165, 1.54) is 6.21 Å². The van der Waals surface area contributed by atoms with Gasteiger partial charge in [-0.15, -0.1) is 0 Å². The highest BCUT2D eigenvalue weighted by Crippen LogP contribution is 2.13. The van der Waals surface area contributed by atoms with E-state index in [-0.39, 0.29) is 11.8 Å². The summed E-state index contributed by atoms with van der Waals surface area (Å²) in [5.74, 6) is -0.616. The first-order valence-corrected chi connectivity index (χ1v) is 8.34. The molecule has 0 fully saturated rings. The van der Waals surface area contributed by atoms with Gasteiger partial charge in [0.05, 0.1) is 11.9 Å². The molecular weight excluding hydrogens is 340 g/mol. The summed E-state index contributed by atoms with van der Waals surface area (Å²) in [7, 11) is 0. The zero-order valence-electron chi connectivity index (χ0n) is 14.7. The van der Waals surface area contributed by atoms with Crippen LogP contribution in [0.5, 0.6) is 0 Å². The van der Waals surface area contributed by atoms with Gasteiger partial charge in [-0.25, -0.2) is 5.43 Å². The molecule has 2 amide bonds. The molecule has 2 aromatic carbocycles. The van der Waals surface area contributed by atoms with E-state index in [2.05, 4.69) is 20.8 Å². The maximum absolute atomic E-state index is 12.3. The van der Waals surface area contributed by atoms with Crippen LogP contribution >= 0.6 is 0 Å². The Bertz CT molecular complexity index is 967. The van der Waals surface area contributed by atoms with E-state index in [0.717, 1.165) is 5.56 Å². The number of carbonyl (C=O) groups excluding carboxylic acids is 2. The van der Waals surface area contributed by atoms with Crippen LogP contribution in [-0.2, 0) is 0 Å². The smallest absolute Gasteiger partial charge is 0.271 e. The van der Waals surface area contributed by atoms with Crippen molar-refractivity contribution in [3.63, 3.8) is 0 Å². The van der Waals surface area contributed by atoms with Crippen molar-refractivity contribution in [3.8, 4) is 0 Å². The number of nitrogens with zero attached hydrogens (tertiary/aromatic N) is 2. The van der Waals surface area contributed by atoms with Gasteiger partial charge in [0.15, 0.2) is 0 Å². The summed E-state index contributed by atoms with van der Waals surface area (Å²) in [6.45, 7) is 1.96. The molecule has 0 bridgehead atoms. The lowest BCUT2D eigenvalue weighted by atomic mass is 10.1. The molecule has 3 aromatic rings. The van der Waals surface area contributed by atoms with Crippen LogP contribution in [-0.4, -0.2) is 23.0 Å². The van der Waals surface area contributed by atoms with E-state index in [9.17, 15) is 9.59 Å². The van der Waals surface area contributed by atoms with Crippen molar-refractivity contribution >= 4 is 23.7 Å². The van der Waals surface area contributed by atoms with Crippen LogP contribution in [0.4, 0.5) is 5.69 Å². The van der Waals surface area contributed by atoms with Gasteiger partial charge in [0.2, 0.25) is 0 Å². The number of hydrazone groups is 1. The molecule has 1 heterocycles. The molecule has 0 saturated heterocycles. The van der Waals surface area contributed by atoms with Gasteiger partial charge in [-0.2, -0.15) is 5.10 Å². The average molecular weight is 358 g/mol. The number of aryl methyl sites for hydroxylation is 1. The molecule has 0 unspecified atom stereocenters. The Morgan fingerprint density at radius 3 is 2.48 bits per heavy atom. The van der Waals surface area contributed by atoms with Crippen molar-refractivity contribution in [1.29, 1.82) is 0 Å². The second kappa shape index (κ2) is 8.53. The molecular formula is C21H18N4O2. The first-order valence-electron chi connectivity index (χ1n) is 8.34. The molecule has 6 nitrogen and oxygen atoms in total. The third-order valence-electron chi connectivity index (χ3n) is 3.75. The topological polar surface area (TPSA) is 83.5 Å². The van der Waals surface area contributed by atoms with E-state index >= 15 is 0 Å². The van der Waals surface area contributed by atoms with Gasteiger partial charge >= 0.3 is 0 Å². The summed E-state index contributed by atoms with van der Waals surface area (Å²) in [5.41, 5.74) is 5.62. The summed E-state index contributed by atoms with van der Waals surface area (Å²) in [4.78, 5) is 28.6. The predicted octanol–water partition coefficient (Wildman–Crippen LogP) is 3.41. The van der Waals surface area contributed by atoms with E-state index in [4.69, 9.17) is 0 Å². The monoisotopic (exact) mass is 358 g/mol. The van der Waals surface area contributed by atoms with Crippen LogP contribution in [0.2, 0.25) is 0 Å². The molecule has 6 heteroatoms.